The normalized spacial score (nSPS) is 11.4. The van der Waals surface area contributed by atoms with Crippen LogP contribution in [-0.4, -0.2) is 32.1 Å². The van der Waals surface area contributed by atoms with Gasteiger partial charge < -0.3 is 21.1 Å². The van der Waals surface area contributed by atoms with E-state index >= 15 is 0 Å². The van der Waals surface area contributed by atoms with Gasteiger partial charge >= 0.3 is 0 Å². The monoisotopic (exact) mass is 548 g/mol. The van der Waals surface area contributed by atoms with Crippen LogP contribution in [0.2, 0.25) is 5.02 Å². The summed E-state index contributed by atoms with van der Waals surface area (Å²) in [6.07, 6.45) is 0. The lowest BCUT2D eigenvalue weighted by Crippen LogP contribution is -2.43. The van der Waals surface area contributed by atoms with Crippen molar-refractivity contribution in [2.45, 2.75) is 25.8 Å². The number of hydrogen-bond donors (Lipinski definition) is 3. The number of hydrogen-bond acceptors (Lipinski definition) is 3. The number of carbonyl (C=O) groups is 1. The third-order valence-electron chi connectivity index (χ3n) is 4.32. The van der Waals surface area contributed by atoms with Crippen LogP contribution in [-0.2, 0) is 16.8 Å². The Bertz CT molecular complexity index is 893. The fourth-order valence-electron chi connectivity index (χ4n) is 2.74. The number of benzene rings is 2. The number of primary amides is 1. The number of ether oxygens (including phenoxy) is 1. The van der Waals surface area contributed by atoms with Crippen molar-refractivity contribution >= 4 is 47.4 Å². The van der Waals surface area contributed by atoms with Gasteiger partial charge in [-0.15, -0.1) is 24.0 Å². The molecule has 0 atom stereocenters. The zero-order valence-electron chi connectivity index (χ0n) is 17.2. The van der Waals surface area contributed by atoms with E-state index in [0.717, 1.165) is 11.1 Å². The van der Waals surface area contributed by atoms with Crippen LogP contribution in [0.25, 0.3) is 0 Å². The van der Waals surface area contributed by atoms with Crippen molar-refractivity contribution in [2.24, 2.45) is 10.7 Å². The lowest BCUT2D eigenvalue weighted by Gasteiger charge is -2.27. The Morgan fingerprint density at radius 3 is 2.60 bits per heavy atom. The van der Waals surface area contributed by atoms with Crippen molar-refractivity contribution in [3.8, 4) is 5.75 Å². The maximum Gasteiger partial charge on any atom is 0.255 e. The van der Waals surface area contributed by atoms with E-state index in [2.05, 4.69) is 15.6 Å². The zero-order chi connectivity index (χ0) is 21.4. The number of nitrogens with zero attached hydrogens (tertiary/aromatic N) is 1. The Morgan fingerprint density at radius 1 is 1.23 bits per heavy atom. The highest BCUT2D eigenvalue weighted by molar-refractivity contribution is 14.0. The summed E-state index contributed by atoms with van der Waals surface area (Å²) in [5, 5.41) is 6.89. The lowest BCUT2D eigenvalue weighted by atomic mass is 9.84. The highest BCUT2D eigenvalue weighted by Gasteiger charge is 2.24. The van der Waals surface area contributed by atoms with Crippen LogP contribution >= 0.6 is 35.6 Å². The van der Waals surface area contributed by atoms with Gasteiger partial charge in [-0.25, -0.2) is 4.39 Å². The van der Waals surface area contributed by atoms with E-state index in [9.17, 15) is 9.18 Å². The van der Waals surface area contributed by atoms with Crippen molar-refractivity contribution in [1.82, 2.24) is 10.6 Å². The fraction of sp³-hybridized carbons (Fsp3) is 0.333. The molecule has 2 rings (SSSR count). The number of nitrogens with one attached hydrogen (secondary N) is 2. The zero-order valence-corrected chi connectivity index (χ0v) is 20.3. The second-order valence-electron chi connectivity index (χ2n) is 7.19. The molecule has 0 radical (unpaired) electrons. The average Bonchev–Trinajstić information content (AvgIpc) is 2.66. The number of aliphatic imine (C=N–C) groups is 1. The van der Waals surface area contributed by atoms with Crippen LogP contribution in [0.1, 0.15) is 25.0 Å². The van der Waals surface area contributed by atoms with Gasteiger partial charge in [0.05, 0.1) is 0 Å². The number of carbonyl (C=O) groups excluding carboxylic acids is 1. The number of nitrogens with two attached hydrogens (primary N) is 1. The first-order valence-electron chi connectivity index (χ1n) is 9.11. The van der Waals surface area contributed by atoms with Gasteiger partial charge in [-0.3, -0.25) is 9.79 Å². The minimum Gasteiger partial charge on any atom is -0.484 e. The quantitative estimate of drug-likeness (QED) is 0.267. The Balaban J connectivity index is 0.00000450. The summed E-state index contributed by atoms with van der Waals surface area (Å²) in [7, 11) is 1.68. The van der Waals surface area contributed by atoms with Crippen molar-refractivity contribution in [2.75, 3.05) is 20.2 Å². The number of rotatable bonds is 8. The molecule has 0 heterocycles. The van der Waals surface area contributed by atoms with Crippen LogP contribution in [0.15, 0.2) is 47.5 Å². The van der Waals surface area contributed by atoms with Crippen molar-refractivity contribution in [3.05, 3.63) is 64.4 Å². The van der Waals surface area contributed by atoms with Gasteiger partial charge in [0.25, 0.3) is 5.91 Å². The summed E-state index contributed by atoms with van der Waals surface area (Å²) in [6.45, 7) is 4.92. The molecule has 2 aromatic rings. The molecule has 30 heavy (non-hydrogen) atoms. The van der Waals surface area contributed by atoms with Gasteiger partial charge in [0, 0.05) is 30.6 Å². The molecule has 164 valence electrons. The van der Waals surface area contributed by atoms with Gasteiger partial charge in [-0.05, 0) is 35.4 Å². The molecule has 0 saturated heterocycles. The summed E-state index contributed by atoms with van der Waals surface area (Å²) < 4.78 is 18.6. The summed E-state index contributed by atoms with van der Waals surface area (Å²) in [4.78, 5) is 15.1. The summed E-state index contributed by atoms with van der Waals surface area (Å²) >= 11 is 6.21. The molecule has 0 aromatic heterocycles. The molecule has 6 nitrogen and oxygen atoms in total. The first-order valence-corrected chi connectivity index (χ1v) is 9.49. The standard InChI is InChI=1S/C21H26ClFN4O2.HI/c1-21(2,17-8-7-15(23)10-18(17)22)13-27-20(25-3)26-11-14-5-4-6-16(9-14)29-12-19(24)28;/h4-10H,11-13H2,1-3H3,(H2,24,28)(H2,25,26,27);1H. The van der Waals surface area contributed by atoms with E-state index in [0.29, 0.717) is 29.8 Å². The van der Waals surface area contributed by atoms with Crippen LogP contribution < -0.4 is 21.1 Å². The molecular formula is C21H27ClFIN4O2. The smallest absolute Gasteiger partial charge is 0.255 e. The predicted octanol–water partition coefficient (Wildman–Crippen LogP) is 3.60. The third-order valence-corrected chi connectivity index (χ3v) is 4.63. The fourth-order valence-corrected chi connectivity index (χ4v) is 3.17. The molecular weight excluding hydrogens is 522 g/mol. The molecule has 2 aromatic carbocycles. The van der Waals surface area contributed by atoms with E-state index in [-0.39, 0.29) is 41.8 Å². The second-order valence-corrected chi connectivity index (χ2v) is 7.60. The maximum absolute atomic E-state index is 13.3. The minimum atomic E-state index is -0.526. The highest BCUT2D eigenvalue weighted by Crippen LogP contribution is 2.29. The van der Waals surface area contributed by atoms with Crippen LogP contribution in [0, 0.1) is 5.82 Å². The topological polar surface area (TPSA) is 88.7 Å². The van der Waals surface area contributed by atoms with E-state index in [4.69, 9.17) is 22.1 Å². The van der Waals surface area contributed by atoms with Gasteiger partial charge in [0.2, 0.25) is 0 Å². The lowest BCUT2D eigenvalue weighted by molar-refractivity contribution is -0.119. The van der Waals surface area contributed by atoms with Gasteiger partial charge in [-0.1, -0.05) is 43.6 Å². The van der Waals surface area contributed by atoms with Crippen molar-refractivity contribution < 1.29 is 13.9 Å². The predicted molar refractivity (Wildman–Crippen MR) is 129 cm³/mol. The largest absolute Gasteiger partial charge is 0.484 e. The Labute approximate surface area is 198 Å². The summed E-state index contributed by atoms with van der Waals surface area (Å²) in [5.41, 5.74) is 6.56. The van der Waals surface area contributed by atoms with Crippen LogP contribution in [0.5, 0.6) is 5.75 Å². The van der Waals surface area contributed by atoms with Crippen molar-refractivity contribution in [1.29, 1.82) is 0 Å². The van der Waals surface area contributed by atoms with Gasteiger partial charge in [0.1, 0.15) is 11.6 Å². The molecule has 0 fully saturated rings. The van der Waals surface area contributed by atoms with Gasteiger partial charge in [0.15, 0.2) is 12.6 Å². The van der Waals surface area contributed by atoms with E-state index in [1.165, 1.54) is 12.1 Å². The Kier molecular flexibility index (Phi) is 10.3. The SMILES string of the molecule is CN=C(NCc1cccc(OCC(N)=O)c1)NCC(C)(C)c1ccc(F)cc1Cl.I. The van der Waals surface area contributed by atoms with Crippen LogP contribution in [0.3, 0.4) is 0 Å². The first kappa shape index (κ1) is 26.0. The molecule has 0 spiro atoms. The first-order chi connectivity index (χ1) is 13.7. The molecule has 0 saturated carbocycles. The molecule has 4 N–H and O–H groups in total. The number of amides is 1. The Morgan fingerprint density at radius 2 is 1.97 bits per heavy atom. The summed E-state index contributed by atoms with van der Waals surface area (Å²) in [5.74, 6) is 0.293. The van der Waals surface area contributed by atoms with Crippen molar-refractivity contribution in [3.63, 3.8) is 0 Å². The molecule has 1 amide bonds. The molecule has 9 heteroatoms. The van der Waals surface area contributed by atoms with E-state index < -0.39 is 5.91 Å². The molecule has 0 bridgehead atoms. The minimum absolute atomic E-state index is 0. The van der Waals surface area contributed by atoms with Crippen LogP contribution in [0.4, 0.5) is 4.39 Å². The average molecular weight is 549 g/mol. The van der Waals surface area contributed by atoms with E-state index in [1.54, 1.807) is 19.2 Å². The number of guanidine groups is 1. The highest BCUT2D eigenvalue weighted by atomic mass is 127. The second kappa shape index (κ2) is 11.9. The number of halogens is 3. The molecule has 0 aliphatic heterocycles. The molecule has 0 aliphatic rings. The maximum atomic E-state index is 13.3. The van der Waals surface area contributed by atoms with E-state index in [1.807, 2.05) is 32.0 Å². The Hall–Kier alpha value is -2.07. The molecule has 0 aliphatic carbocycles. The summed E-state index contributed by atoms with van der Waals surface area (Å²) in [6, 6.07) is 11.8. The molecule has 0 unspecified atom stereocenters. The van der Waals surface area contributed by atoms with Gasteiger partial charge in [-0.2, -0.15) is 0 Å². The third kappa shape index (κ3) is 7.98.